The molecule has 0 aliphatic rings. The van der Waals surface area contributed by atoms with Crippen LogP contribution in [0.25, 0.3) is 10.9 Å². The minimum absolute atomic E-state index is 0.0478. The molecule has 1 N–H and O–H groups in total. The Kier molecular flexibility index (Phi) is 4.83. The van der Waals surface area contributed by atoms with Crippen molar-refractivity contribution in [1.82, 2.24) is 14.8 Å². The van der Waals surface area contributed by atoms with E-state index in [0.29, 0.717) is 6.42 Å². The highest BCUT2D eigenvalue weighted by Crippen LogP contribution is 2.23. The molecule has 1 unspecified atom stereocenters. The molecular weight excluding hydrogens is 312 g/mol. The molecule has 1 amide bonds. The van der Waals surface area contributed by atoms with Gasteiger partial charge < -0.3 is 5.32 Å². The van der Waals surface area contributed by atoms with Crippen LogP contribution in [-0.2, 0) is 11.2 Å². The van der Waals surface area contributed by atoms with Gasteiger partial charge in [-0.15, -0.1) is 0 Å². The standard InChI is InChI=1S/C20H24N4O/c1-5-13(2)24-19(10-11-21-24)23-20(25)12-17-14(3)16-8-6-7-9-18(16)22-15(17)4/h6-11,13H,5,12H2,1-4H3,(H,23,25). The fraction of sp³-hybridized carbons (Fsp3) is 0.350. The van der Waals surface area contributed by atoms with Crippen molar-refractivity contribution < 1.29 is 4.79 Å². The third-order valence-corrected chi connectivity index (χ3v) is 4.77. The van der Waals surface area contributed by atoms with Crippen molar-refractivity contribution in [3.8, 4) is 0 Å². The molecule has 5 heteroatoms. The lowest BCUT2D eigenvalue weighted by Gasteiger charge is -2.15. The zero-order valence-electron chi connectivity index (χ0n) is 15.2. The number of hydrogen-bond donors (Lipinski definition) is 1. The highest BCUT2D eigenvalue weighted by molar-refractivity contribution is 5.93. The Hall–Kier alpha value is -2.69. The van der Waals surface area contributed by atoms with E-state index >= 15 is 0 Å². The fourth-order valence-electron chi connectivity index (χ4n) is 3.12. The van der Waals surface area contributed by atoms with Gasteiger partial charge in [0.1, 0.15) is 5.82 Å². The molecule has 1 aromatic carbocycles. The first kappa shape index (κ1) is 17.1. The van der Waals surface area contributed by atoms with Crippen molar-refractivity contribution in [2.45, 2.75) is 46.6 Å². The molecule has 3 aromatic rings. The van der Waals surface area contributed by atoms with Crippen molar-refractivity contribution in [2.24, 2.45) is 0 Å². The molecule has 25 heavy (non-hydrogen) atoms. The molecule has 130 valence electrons. The average molecular weight is 336 g/mol. The summed E-state index contributed by atoms with van der Waals surface area (Å²) in [5.41, 5.74) is 3.98. The molecule has 5 nitrogen and oxygen atoms in total. The quantitative estimate of drug-likeness (QED) is 0.759. The number of carbonyl (C=O) groups is 1. The van der Waals surface area contributed by atoms with Gasteiger partial charge in [-0.25, -0.2) is 4.68 Å². The van der Waals surface area contributed by atoms with Crippen molar-refractivity contribution in [3.05, 3.63) is 53.3 Å². The van der Waals surface area contributed by atoms with E-state index in [2.05, 4.69) is 42.2 Å². The van der Waals surface area contributed by atoms with E-state index in [9.17, 15) is 4.79 Å². The summed E-state index contributed by atoms with van der Waals surface area (Å²) in [6.07, 6.45) is 2.98. The predicted octanol–water partition coefficient (Wildman–Crippen LogP) is 4.20. The summed E-state index contributed by atoms with van der Waals surface area (Å²) in [7, 11) is 0. The fourth-order valence-corrected chi connectivity index (χ4v) is 3.12. The molecule has 2 heterocycles. The topological polar surface area (TPSA) is 59.8 Å². The largest absolute Gasteiger partial charge is 0.311 e. The van der Waals surface area contributed by atoms with Crippen LogP contribution in [0, 0.1) is 13.8 Å². The van der Waals surface area contributed by atoms with Crippen molar-refractivity contribution >= 4 is 22.6 Å². The number of hydrogen-bond acceptors (Lipinski definition) is 3. The SMILES string of the molecule is CCC(C)n1nccc1NC(=O)Cc1c(C)nc2ccccc2c1C. The Morgan fingerprint density at radius 3 is 2.76 bits per heavy atom. The summed E-state index contributed by atoms with van der Waals surface area (Å²) in [4.78, 5) is 17.3. The van der Waals surface area contributed by atoms with Crippen LogP contribution in [0.15, 0.2) is 36.5 Å². The monoisotopic (exact) mass is 336 g/mol. The van der Waals surface area contributed by atoms with Crippen molar-refractivity contribution in [1.29, 1.82) is 0 Å². The number of nitrogens with one attached hydrogen (secondary N) is 1. The van der Waals surface area contributed by atoms with Gasteiger partial charge >= 0.3 is 0 Å². The van der Waals surface area contributed by atoms with Gasteiger partial charge in [0.05, 0.1) is 24.2 Å². The number of amides is 1. The van der Waals surface area contributed by atoms with E-state index in [0.717, 1.165) is 40.0 Å². The highest BCUT2D eigenvalue weighted by Gasteiger charge is 2.15. The summed E-state index contributed by atoms with van der Waals surface area (Å²) in [5.74, 6) is 0.691. The van der Waals surface area contributed by atoms with Gasteiger partial charge in [0.2, 0.25) is 5.91 Å². The van der Waals surface area contributed by atoms with E-state index in [1.54, 1.807) is 6.20 Å². The molecule has 0 fully saturated rings. The molecule has 1 atom stereocenters. The number of anilines is 1. The molecule has 0 saturated heterocycles. The Labute approximate surface area is 148 Å². The third-order valence-electron chi connectivity index (χ3n) is 4.77. The number of para-hydroxylation sites is 1. The van der Waals surface area contributed by atoms with Crippen LogP contribution in [0.5, 0.6) is 0 Å². The van der Waals surface area contributed by atoms with E-state index in [4.69, 9.17) is 0 Å². The first-order chi connectivity index (χ1) is 12.0. The maximum absolute atomic E-state index is 12.6. The number of carbonyl (C=O) groups excluding carboxylic acids is 1. The van der Waals surface area contributed by atoms with Crippen LogP contribution < -0.4 is 5.32 Å². The minimum Gasteiger partial charge on any atom is -0.311 e. The second-order valence-corrected chi connectivity index (χ2v) is 6.46. The molecule has 2 aromatic heterocycles. The summed E-state index contributed by atoms with van der Waals surface area (Å²) in [5, 5.41) is 8.40. The van der Waals surface area contributed by atoms with Crippen LogP contribution >= 0.6 is 0 Å². The average Bonchev–Trinajstić information content (AvgIpc) is 3.06. The number of pyridine rings is 1. The van der Waals surface area contributed by atoms with Gasteiger partial charge in [-0.3, -0.25) is 9.78 Å². The van der Waals surface area contributed by atoms with Crippen molar-refractivity contribution in [2.75, 3.05) is 5.32 Å². The van der Waals surface area contributed by atoms with E-state index in [-0.39, 0.29) is 11.9 Å². The summed E-state index contributed by atoms with van der Waals surface area (Å²) < 4.78 is 1.86. The maximum Gasteiger partial charge on any atom is 0.230 e. The second-order valence-electron chi connectivity index (χ2n) is 6.46. The molecular formula is C20H24N4O. The predicted molar refractivity (Wildman–Crippen MR) is 101 cm³/mol. The first-order valence-electron chi connectivity index (χ1n) is 8.69. The highest BCUT2D eigenvalue weighted by atomic mass is 16.1. The Balaban J connectivity index is 1.84. The van der Waals surface area contributed by atoms with Gasteiger partial charge in [0.15, 0.2) is 0 Å². The summed E-state index contributed by atoms with van der Waals surface area (Å²) in [6.45, 7) is 8.21. The van der Waals surface area contributed by atoms with Crippen molar-refractivity contribution in [3.63, 3.8) is 0 Å². The van der Waals surface area contributed by atoms with Crippen LogP contribution in [0.2, 0.25) is 0 Å². The third kappa shape index (κ3) is 3.40. The second kappa shape index (κ2) is 7.05. The van der Waals surface area contributed by atoms with Crippen LogP contribution in [0.1, 0.15) is 43.1 Å². The molecule has 3 rings (SSSR count). The van der Waals surface area contributed by atoms with Crippen LogP contribution in [-0.4, -0.2) is 20.7 Å². The van der Waals surface area contributed by atoms with E-state index < -0.39 is 0 Å². The molecule has 0 aliphatic heterocycles. The lowest BCUT2D eigenvalue weighted by atomic mass is 9.99. The Bertz CT molecular complexity index is 913. The lowest BCUT2D eigenvalue weighted by Crippen LogP contribution is -2.20. The molecule has 0 spiro atoms. The minimum atomic E-state index is -0.0478. The molecule has 0 radical (unpaired) electrons. The number of aryl methyl sites for hydroxylation is 2. The zero-order chi connectivity index (χ0) is 18.0. The summed E-state index contributed by atoms with van der Waals surface area (Å²) >= 11 is 0. The molecule has 0 bridgehead atoms. The Morgan fingerprint density at radius 1 is 1.24 bits per heavy atom. The number of nitrogens with zero attached hydrogens (tertiary/aromatic N) is 3. The van der Waals surface area contributed by atoms with Gasteiger partial charge in [-0.1, -0.05) is 25.1 Å². The van der Waals surface area contributed by atoms with Gasteiger partial charge in [0, 0.05) is 17.1 Å². The number of fused-ring (bicyclic) bond motifs is 1. The first-order valence-corrected chi connectivity index (χ1v) is 8.69. The van der Waals surface area contributed by atoms with Gasteiger partial charge in [0.25, 0.3) is 0 Å². The summed E-state index contributed by atoms with van der Waals surface area (Å²) in [6, 6.07) is 10.1. The Morgan fingerprint density at radius 2 is 2.00 bits per heavy atom. The maximum atomic E-state index is 12.6. The van der Waals surface area contributed by atoms with E-state index in [1.807, 2.05) is 35.9 Å². The number of rotatable bonds is 5. The van der Waals surface area contributed by atoms with Gasteiger partial charge in [-0.05, 0) is 44.4 Å². The van der Waals surface area contributed by atoms with E-state index in [1.165, 1.54) is 0 Å². The normalized spacial score (nSPS) is 12.3. The molecule has 0 saturated carbocycles. The van der Waals surface area contributed by atoms with Crippen LogP contribution in [0.3, 0.4) is 0 Å². The number of aromatic nitrogens is 3. The zero-order valence-corrected chi connectivity index (χ0v) is 15.2. The van der Waals surface area contributed by atoms with Crippen LogP contribution in [0.4, 0.5) is 5.82 Å². The lowest BCUT2D eigenvalue weighted by molar-refractivity contribution is -0.115. The smallest absolute Gasteiger partial charge is 0.230 e. The van der Waals surface area contributed by atoms with Gasteiger partial charge in [-0.2, -0.15) is 5.10 Å². The number of benzene rings is 1. The molecule has 0 aliphatic carbocycles.